The summed E-state index contributed by atoms with van der Waals surface area (Å²) in [6.07, 6.45) is 12.7. The molecule has 0 aromatic heterocycles. The van der Waals surface area contributed by atoms with Gasteiger partial charge >= 0.3 is 0 Å². The van der Waals surface area contributed by atoms with Crippen LogP contribution in [0.1, 0.15) is 84.5 Å². The van der Waals surface area contributed by atoms with Gasteiger partial charge in [0.1, 0.15) is 0 Å². The highest BCUT2D eigenvalue weighted by molar-refractivity contribution is 7.89. The van der Waals surface area contributed by atoms with Crippen molar-refractivity contribution in [1.82, 2.24) is 14.9 Å². The van der Waals surface area contributed by atoms with Crippen LogP contribution < -0.4 is 10.6 Å². The lowest BCUT2D eigenvalue weighted by molar-refractivity contribution is 0.0264. The van der Waals surface area contributed by atoms with Crippen molar-refractivity contribution in [2.45, 2.75) is 96.6 Å². The van der Waals surface area contributed by atoms with Crippen LogP contribution in [0.3, 0.4) is 0 Å². The molecule has 1 aliphatic heterocycles. The van der Waals surface area contributed by atoms with Crippen molar-refractivity contribution < 1.29 is 13.2 Å². The van der Waals surface area contributed by atoms with Crippen LogP contribution in [0.4, 0.5) is 0 Å². The first-order valence-corrected chi connectivity index (χ1v) is 13.8. The Kier molecular flexibility index (Phi) is 12.1. The number of hydrogen-bond donors (Lipinski definition) is 2. The number of aliphatic imine (C=N–C) groups is 1. The number of nitrogens with zero attached hydrogens (tertiary/aromatic N) is 2. The molecule has 1 saturated heterocycles. The summed E-state index contributed by atoms with van der Waals surface area (Å²) in [6.45, 7) is 7.69. The summed E-state index contributed by atoms with van der Waals surface area (Å²) in [5, 5.41) is 6.82. The highest BCUT2D eigenvalue weighted by Gasteiger charge is 2.27. The Morgan fingerprint density at radius 2 is 1.77 bits per heavy atom. The van der Waals surface area contributed by atoms with E-state index in [-0.39, 0.29) is 11.8 Å². The van der Waals surface area contributed by atoms with Gasteiger partial charge in [-0.3, -0.25) is 4.99 Å². The van der Waals surface area contributed by atoms with Crippen LogP contribution in [-0.2, 0) is 14.8 Å². The van der Waals surface area contributed by atoms with Gasteiger partial charge in [0.2, 0.25) is 10.0 Å². The molecule has 0 radical (unpaired) electrons. The van der Waals surface area contributed by atoms with Crippen molar-refractivity contribution in [1.29, 1.82) is 0 Å². The second kappa shape index (κ2) is 14.2. The Bertz CT molecular complexity index is 583. The predicted octanol–water partition coefficient (Wildman–Crippen LogP) is 3.27. The molecule has 2 aliphatic rings. The number of piperidine rings is 1. The normalized spacial score (nSPS) is 20.4. The second-order valence-electron chi connectivity index (χ2n) is 8.59. The van der Waals surface area contributed by atoms with E-state index in [0.29, 0.717) is 25.6 Å². The smallest absolute Gasteiger partial charge is 0.214 e. The highest BCUT2D eigenvalue weighted by atomic mass is 32.2. The summed E-state index contributed by atoms with van der Waals surface area (Å²) in [5.74, 6) is 1.10. The first kappa shape index (κ1) is 25.4. The van der Waals surface area contributed by atoms with Gasteiger partial charge in [0.15, 0.2) is 5.96 Å². The Hall–Kier alpha value is -0.860. The summed E-state index contributed by atoms with van der Waals surface area (Å²) in [6, 6.07) is 0.278. The van der Waals surface area contributed by atoms with E-state index in [9.17, 15) is 8.42 Å². The fourth-order valence-electron chi connectivity index (χ4n) is 4.24. The minimum Gasteiger partial charge on any atom is -0.378 e. The average Bonchev–Trinajstić information content (AvgIpc) is 2.74. The number of unbranched alkanes of at least 4 members (excludes halogenated alkanes) is 2. The minimum atomic E-state index is -3.08. The van der Waals surface area contributed by atoms with Crippen molar-refractivity contribution in [3.63, 3.8) is 0 Å². The monoisotopic (exact) mass is 444 g/mol. The Balaban J connectivity index is 1.62. The zero-order valence-electron chi connectivity index (χ0n) is 19.2. The summed E-state index contributed by atoms with van der Waals surface area (Å²) in [4.78, 5) is 4.71. The van der Waals surface area contributed by atoms with Gasteiger partial charge in [-0.15, -0.1) is 0 Å². The fraction of sp³-hybridized carbons (Fsp3) is 0.955. The highest BCUT2D eigenvalue weighted by Crippen LogP contribution is 2.20. The molecule has 8 heteroatoms. The first-order chi connectivity index (χ1) is 14.5. The van der Waals surface area contributed by atoms with Gasteiger partial charge < -0.3 is 15.4 Å². The molecule has 2 rings (SSSR count). The van der Waals surface area contributed by atoms with Crippen LogP contribution in [0.2, 0.25) is 0 Å². The van der Waals surface area contributed by atoms with Crippen molar-refractivity contribution in [3.05, 3.63) is 0 Å². The quantitative estimate of drug-likeness (QED) is 0.274. The maximum atomic E-state index is 12.2. The molecule has 0 aromatic rings. The van der Waals surface area contributed by atoms with E-state index < -0.39 is 10.0 Å². The SMILES string of the molecule is CCCS(=O)(=O)N1CCC(NC(=NCCCCCOC2CCCCC2)NCC)CC1. The first-order valence-electron chi connectivity index (χ1n) is 12.2. The third-order valence-corrected chi connectivity index (χ3v) is 8.05. The van der Waals surface area contributed by atoms with Gasteiger partial charge in [-0.2, -0.15) is 0 Å². The molecule has 1 aliphatic carbocycles. The zero-order valence-corrected chi connectivity index (χ0v) is 20.0. The van der Waals surface area contributed by atoms with Crippen LogP contribution in [0, 0.1) is 0 Å². The van der Waals surface area contributed by atoms with E-state index in [4.69, 9.17) is 9.73 Å². The zero-order chi connectivity index (χ0) is 21.7. The molecule has 0 aromatic carbocycles. The topological polar surface area (TPSA) is 83.0 Å². The predicted molar refractivity (Wildman–Crippen MR) is 124 cm³/mol. The average molecular weight is 445 g/mol. The van der Waals surface area contributed by atoms with E-state index in [2.05, 4.69) is 17.6 Å². The molecule has 0 spiro atoms. The number of ether oxygens (including phenoxy) is 1. The van der Waals surface area contributed by atoms with Crippen LogP contribution in [-0.4, -0.2) is 69.4 Å². The van der Waals surface area contributed by atoms with Gasteiger partial charge in [0.05, 0.1) is 11.9 Å². The summed E-state index contributed by atoms with van der Waals surface area (Å²) in [7, 11) is -3.08. The molecular weight excluding hydrogens is 400 g/mol. The van der Waals surface area contributed by atoms with Gasteiger partial charge in [0, 0.05) is 38.8 Å². The molecule has 0 atom stereocenters. The van der Waals surface area contributed by atoms with Gasteiger partial charge in [-0.1, -0.05) is 26.2 Å². The second-order valence-corrected chi connectivity index (χ2v) is 10.7. The lowest BCUT2D eigenvalue weighted by atomic mass is 9.98. The Morgan fingerprint density at radius 1 is 1.03 bits per heavy atom. The number of guanidine groups is 1. The van der Waals surface area contributed by atoms with Crippen LogP contribution >= 0.6 is 0 Å². The molecule has 1 saturated carbocycles. The minimum absolute atomic E-state index is 0.251. The number of sulfonamides is 1. The summed E-state index contributed by atoms with van der Waals surface area (Å²) >= 11 is 0. The Morgan fingerprint density at radius 3 is 2.43 bits per heavy atom. The van der Waals surface area contributed by atoms with E-state index in [0.717, 1.165) is 57.8 Å². The molecular formula is C22H44N4O3S. The lowest BCUT2D eigenvalue weighted by Gasteiger charge is -2.32. The molecule has 1 heterocycles. The summed E-state index contributed by atoms with van der Waals surface area (Å²) in [5.41, 5.74) is 0. The maximum absolute atomic E-state index is 12.2. The van der Waals surface area contributed by atoms with E-state index in [1.54, 1.807) is 4.31 Å². The van der Waals surface area contributed by atoms with Crippen molar-refractivity contribution in [2.24, 2.45) is 4.99 Å². The van der Waals surface area contributed by atoms with Crippen molar-refractivity contribution in [3.8, 4) is 0 Å². The molecule has 2 fully saturated rings. The fourth-order valence-corrected chi connectivity index (χ4v) is 5.78. The molecule has 2 N–H and O–H groups in total. The van der Waals surface area contributed by atoms with Crippen molar-refractivity contribution in [2.75, 3.05) is 38.5 Å². The lowest BCUT2D eigenvalue weighted by Crippen LogP contribution is -2.50. The molecule has 0 unspecified atom stereocenters. The van der Waals surface area contributed by atoms with Crippen LogP contribution in [0.15, 0.2) is 4.99 Å². The molecule has 30 heavy (non-hydrogen) atoms. The maximum Gasteiger partial charge on any atom is 0.214 e. The molecule has 0 bridgehead atoms. The van der Waals surface area contributed by atoms with Gasteiger partial charge in [0.25, 0.3) is 0 Å². The number of nitrogens with one attached hydrogen (secondary N) is 2. The molecule has 7 nitrogen and oxygen atoms in total. The van der Waals surface area contributed by atoms with E-state index in [1.165, 1.54) is 32.1 Å². The third kappa shape index (κ3) is 9.52. The van der Waals surface area contributed by atoms with Gasteiger partial charge in [-0.25, -0.2) is 12.7 Å². The van der Waals surface area contributed by atoms with Crippen molar-refractivity contribution >= 4 is 16.0 Å². The summed E-state index contributed by atoms with van der Waals surface area (Å²) < 4.78 is 32.1. The molecule has 176 valence electrons. The standard InChI is InChI=1S/C22H44N4O3S/c1-3-19-30(27,28)26-16-13-20(14-17-26)25-22(23-4-2)24-15-9-6-10-18-29-21-11-7-5-8-12-21/h20-21H,3-19H2,1-2H3,(H2,23,24,25). The third-order valence-electron chi connectivity index (χ3n) is 5.97. The van der Waals surface area contributed by atoms with Crippen LogP contribution in [0.5, 0.6) is 0 Å². The number of rotatable bonds is 12. The van der Waals surface area contributed by atoms with Gasteiger partial charge in [-0.05, 0) is 58.3 Å². The number of hydrogen-bond acceptors (Lipinski definition) is 4. The largest absolute Gasteiger partial charge is 0.378 e. The Labute approximate surface area is 184 Å². The molecule has 0 amide bonds. The van der Waals surface area contributed by atoms with Crippen LogP contribution in [0.25, 0.3) is 0 Å². The van der Waals surface area contributed by atoms with E-state index >= 15 is 0 Å². The van der Waals surface area contributed by atoms with E-state index in [1.807, 2.05) is 6.92 Å².